The zero-order valence-corrected chi connectivity index (χ0v) is 23.0. The van der Waals surface area contributed by atoms with Gasteiger partial charge in [0.05, 0.1) is 31.5 Å². The van der Waals surface area contributed by atoms with Gasteiger partial charge in [0.15, 0.2) is 0 Å². The fourth-order valence-electron chi connectivity index (χ4n) is 7.05. The lowest BCUT2D eigenvalue weighted by Gasteiger charge is -2.54. The van der Waals surface area contributed by atoms with Crippen molar-refractivity contribution in [3.05, 3.63) is 0 Å². The maximum absolute atomic E-state index is 13.4. The molecule has 4 fully saturated rings. The second kappa shape index (κ2) is 11.4. The van der Waals surface area contributed by atoms with E-state index in [4.69, 9.17) is 9.47 Å². The number of hydrogen-bond acceptors (Lipinski definition) is 7. The molecule has 1 N–H and O–H groups in total. The Bertz CT molecular complexity index is 887. The highest BCUT2D eigenvalue weighted by Gasteiger charge is 2.49. The molecule has 4 unspecified atom stereocenters. The van der Waals surface area contributed by atoms with Gasteiger partial charge in [0.2, 0.25) is 10.0 Å². The SMILES string of the molecule is COC(=O)N1C2CCC(C3CCC(N(C)S(C)(=O)=O)CC3)CC2N(C(=O)OC2CCCNC2)C[C@@H]1C. The number of piperazine rings is 1. The number of piperidine rings is 1. The Morgan fingerprint density at radius 1 is 0.972 bits per heavy atom. The lowest BCUT2D eigenvalue weighted by molar-refractivity contribution is -0.0507. The van der Waals surface area contributed by atoms with Gasteiger partial charge in [-0.15, -0.1) is 0 Å². The molecule has 10 nitrogen and oxygen atoms in total. The molecule has 2 amide bonds. The highest BCUT2D eigenvalue weighted by Crippen LogP contribution is 2.43. The monoisotopic (exact) mass is 528 g/mol. The molecule has 206 valence electrons. The summed E-state index contributed by atoms with van der Waals surface area (Å²) in [5, 5.41) is 3.30. The van der Waals surface area contributed by atoms with E-state index < -0.39 is 10.0 Å². The Kier molecular flexibility index (Phi) is 8.71. The Hall–Kier alpha value is -1.59. The molecule has 36 heavy (non-hydrogen) atoms. The summed E-state index contributed by atoms with van der Waals surface area (Å²) in [7, 11) is -0.0933. The summed E-state index contributed by atoms with van der Waals surface area (Å²) in [6.45, 7) is 4.05. The largest absolute Gasteiger partial charge is 0.453 e. The van der Waals surface area contributed by atoms with Crippen LogP contribution in [0.3, 0.4) is 0 Å². The van der Waals surface area contributed by atoms with Gasteiger partial charge in [0.25, 0.3) is 0 Å². The molecule has 2 heterocycles. The van der Waals surface area contributed by atoms with Crippen molar-refractivity contribution in [2.24, 2.45) is 11.8 Å². The third-order valence-electron chi connectivity index (χ3n) is 9.10. The van der Waals surface area contributed by atoms with Crippen LogP contribution in [0.2, 0.25) is 0 Å². The Balaban J connectivity index is 1.46. The standard InChI is InChI=1S/C25H44N4O6S/c1-17-16-28(24(30)35-21-6-5-13-26-15-21)23-14-19(9-12-22(23)29(17)25(31)34-3)18-7-10-20(11-8-18)27(2)36(4,32)33/h17-23,26H,5-16H2,1-4H3/t17-,18?,19?,20?,21?,22?,23?/m0/s1. The van der Waals surface area contributed by atoms with Gasteiger partial charge in [0.1, 0.15) is 6.10 Å². The van der Waals surface area contributed by atoms with Crippen LogP contribution in [0.5, 0.6) is 0 Å². The van der Waals surface area contributed by atoms with Crippen molar-refractivity contribution >= 4 is 22.2 Å². The highest BCUT2D eigenvalue weighted by atomic mass is 32.2. The summed E-state index contributed by atoms with van der Waals surface area (Å²) < 4.78 is 36.5. The molecule has 2 aliphatic carbocycles. The van der Waals surface area contributed by atoms with Gasteiger partial charge in [-0.3, -0.25) is 4.90 Å². The minimum atomic E-state index is -3.19. The molecular weight excluding hydrogens is 484 g/mol. The maximum atomic E-state index is 13.4. The van der Waals surface area contributed by atoms with E-state index in [0.717, 1.165) is 64.3 Å². The summed E-state index contributed by atoms with van der Waals surface area (Å²) in [6.07, 6.45) is 8.79. The Morgan fingerprint density at radius 3 is 2.28 bits per heavy atom. The topological polar surface area (TPSA) is 108 Å². The van der Waals surface area contributed by atoms with Crippen LogP contribution >= 0.6 is 0 Å². The lowest BCUT2D eigenvalue weighted by Crippen LogP contribution is -2.67. The van der Waals surface area contributed by atoms with Gasteiger partial charge in [-0.1, -0.05) is 0 Å². The van der Waals surface area contributed by atoms with Crippen LogP contribution in [0.1, 0.15) is 64.7 Å². The first-order valence-electron chi connectivity index (χ1n) is 13.6. The lowest BCUT2D eigenvalue weighted by atomic mass is 9.69. The summed E-state index contributed by atoms with van der Waals surface area (Å²) in [5.74, 6) is 0.941. The van der Waals surface area contributed by atoms with Crippen molar-refractivity contribution < 1.29 is 27.5 Å². The molecule has 2 saturated carbocycles. The molecule has 0 spiro atoms. The van der Waals surface area contributed by atoms with E-state index in [9.17, 15) is 18.0 Å². The summed E-state index contributed by atoms with van der Waals surface area (Å²) in [6, 6.07) is -0.260. The summed E-state index contributed by atoms with van der Waals surface area (Å²) >= 11 is 0. The van der Waals surface area contributed by atoms with Gasteiger partial charge in [-0.25, -0.2) is 22.3 Å². The van der Waals surface area contributed by atoms with E-state index in [1.165, 1.54) is 17.7 Å². The number of methoxy groups -OCH3 is 1. The number of hydrogen-bond donors (Lipinski definition) is 1. The second-order valence-electron chi connectivity index (χ2n) is 11.3. The first-order valence-corrected chi connectivity index (χ1v) is 15.4. The fourth-order valence-corrected chi connectivity index (χ4v) is 7.81. The molecule has 4 aliphatic rings. The van der Waals surface area contributed by atoms with Gasteiger partial charge >= 0.3 is 12.2 Å². The average Bonchev–Trinajstić information content (AvgIpc) is 2.87. The molecule has 5 atom stereocenters. The smallest absolute Gasteiger partial charge is 0.410 e. The molecule has 0 aromatic heterocycles. The molecule has 0 aromatic rings. The van der Waals surface area contributed by atoms with E-state index in [0.29, 0.717) is 24.9 Å². The maximum Gasteiger partial charge on any atom is 0.410 e. The van der Waals surface area contributed by atoms with E-state index in [-0.39, 0.29) is 42.5 Å². The number of carbonyl (C=O) groups excluding carboxylic acids is 2. The van der Waals surface area contributed by atoms with E-state index in [2.05, 4.69) is 5.32 Å². The van der Waals surface area contributed by atoms with Gasteiger partial charge in [-0.2, -0.15) is 0 Å². The highest BCUT2D eigenvalue weighted by molar-refractivity contribution is 7.88. The van der Waals surface area contributed by atoms with Crippen LogP contribution < -0.4 is 5.32 Å². The quantitative estimate of drug-likeness (QED) is 0.598. The molecule has 0 radical (unpaired) electrons. The zero-order valence-electron chi connectivity index (χ0n) is 22.2. The van der Waals surface area contributed by atoms with Crippen molar-refractivity contribution in [2.75, 3.05) is 40.0 Å². The molecule has 2 aliphatic heterocycles. The van der Waals surface area contributed by atoms with Crippen molar-refractivity contribution in [1.82, 2.24) is 19.4 Å². The van der Waals surface area contributed by atoms with Crippen LogP contribution in [-0.2, 0) is 19.5 Å². The Labute approximate surface area is 216 Å². The first-order chi connectivity index (χ1) is 17.1. The summed E-state index contributed by atoms with van der Waals surface area (Å²) in [5.41, 5.74) is 0. The van der Waals surface area contributed by atoms with E-state index in [1.807, 2.05) is 16.7 Å². The molecule has 11 heteroatoms. The number of ether oxygens (including phenoxy) is 2. The minimum Gasteiger partial charge on any atom is -0.453 e. The minimum absolute atomic E-state index is 0.0634. The zero-order chi connectivity index (χ0) is 26.0. The van der Waals surface area contributed by atoms with Crippen molar-refractivity contribution in [3.63, 3.8) is 0 Å². The summed E-state index contributed by atoms with van der Waals surface area (Å²) in [4.78, 5) is 29.8. The molecule has 0 aromatic carbocycles. The number of carbonyl (C=O) groups is 2. The third-order valence-corrected chi connectivity index (χ3v) is 10.4. The normalized spacial score (nSPS) is 35.8. The van der Waals surface area contributed by atoms with Gasteiger partial charge in [-0.05, 0) is 83.1 Å². The van der Waals surface area contributed by atoms with Gasteiger partial charge in [0, 0.05) is 26.2 Å². The Morgan fingerprint density at radius 2 is 1.67 bits per heavy atom. The van der Waals surface area contributed by atoms with E-state index >= 15 is 0 Å². The predicted octanol–water partition coefficient (Wildman–Crippen LogP) is 2.64. The number of rotatable bonds is 4. The number of nitrogens with zero attached hydrogens (tertiary/aromatic N) is 3. The number of fused-ring (bicyclic) bond motifs is 1. The van der Waals surface area contributed by atoms with Crippen LogP contribution in [0.25, 0.3) is 0 Å². The molecule has 2 saturated heterocycles. The first kappa shape index (κ1) is 27.4. The number of nitrogens with one attached hydrogen (secondary N) is 1. The van der Waals surface area contributed by atoms with E-state index in [1.54, 1.807) is 7.05 Å². The van der Waals surface area contributed by atoms with Crippen LogP contribution in [0, 0.1) is 11.8 Å². The fraction of sp³-hybridized carbons (Fsp3) is 0.920. The third kappa shape index (κ3) is 5.93. The van der Waals surface area contributed by atoms with Gasteiger partial charge < -0.3 is 19.7 Å². The van der Waals surface area contributed by atoms with Crippen LogP contribution in [-0.4, -0.2) is 105 Å². The molecule has 0 bridgehead atoms. The van der Waals surface area contributed by atoms with Crippen molar-refractivity contribution in [2.45, 2.75) is 95.0 Å². The van der Waals surface area contributed by atoms with Crippen molar-refractivity contribution in [3.8, 4) is 0 Å². The predicted molar refractivity (Wildman–Crippen MR) is 136 cm³/mol. The number of amides is 2. The molecule has 4 rings (SSSR count). The number of sulfonamides is 1. The second-order valence-corrected chi connectivity index (χ2v) is 13.3. The average molecular weight is 529 g/mol. The van der Waals surface area contributed by atoms with Crippen LogP contribution in [0.4, 0.5) is 9.59 Å². The molecular formula is C25H44N4O6S. The van der Waals surface area contributed by atoms with Crippen LogP contribution in [0.15, 0.2) is 0 Å². The van der Waals surface area contributed by atoms with Crippen molar-refractivity contribution in [1.29, 1.82) is 0 Å².